The highest BCUT2D eigenvalue weighted by Crippen LogP contribution is 2.41. The number of fused-ring (bicyclic) bond motifs is 1. The summed E-state index contributed by atoms with van der Waals surface area (Å²) in [5.41, 5.74) is 2.43. The Hall–Kier alpha value is -0.730. The molecule has 2 aromatic rings. The maximum Gasteiger partial charge on any atom is 0.176 e. The van der Waals surface area contributed by atoms with Gasteiger partial charge >= 0.3 is 0 Å². The molecule has 0 unspecified atom stereocenters. The van der Waals surface area contributed by atoms with Crippen LogP contribution in [-0.2, 0) is 0 Å². The summed E-state index contributed by atoms with van der Waals surface area (Å²) in [4.78, 5) is 14.1. The molecule has 2 fully saturated rings. The summed E-state index contributed by atoms with van der Waals surface area (Å²) < 4.78 is 3.19. The largest absolute Gasteiger partial charge is 0.304 e. The number of hydrogen-bond donors (Lipinski definition) is 0. The lowest BCUT2D eigenvalue weighted by Crippen LogP contribution is -2.52. The van der Waals surface area contributed by atoms with Gasteiger partial charge in [0.05, 0.1) is 17.4 Å². The van der Waals surface area contributed by atoms with Crippen LogP contribution >= 0.6 is 22.6 Å². The first-order chi connectivity index (χ1) is 10.2. The van der Waals surface area contributed by atoms with Gasteiger partial charge in [0.25, 0.3) is 0 Å². The van der Waals surface area contributed by atoms with Crippen molar-refractivity contribution in [3.05, 3.63) is 28.1 Å². The van der Waals surface area contributed by atoms with Crippen LogP contribution in [0.4, 0.5) is 0 Å². The van der Waals surface area contributed by atoms with Gasteiger partial charge in [-0.1, -0.05) is 0 Å². The van der Waals surface area contributed by atoms with Crippen molar-refractivity contribution in [2.75, 3.05) is 33.2 Å². The highest BCUT2D eigenvalue weighted by atomic mass is 127. The molecule has 5 nitrogen and oxygen atoms in total. The minimum Gasteiger partial charge on any atom is -0.304 e. The summed E-state index contributed by atoms with van der Waals surface area (Å²) in [5.74, 6) is 0.609. The van der Waals surface area contributed by atoms with E-state index in [0.29, 0.717) is 5.92 Å². The number of halogens is 1. The second-order valence-electron chi connectivity index (χ2n) is 6.26. The van der Waals surface area contributed by atoms with E-state index in [1.807, 2.05) is 18.6 Å². The lowest BCUT2D eigenvalue weighted by Gasteiger charge is -2.45. The van der Waals surface area contributed by atoms with Crippen LogP contribution in [0.2, 0.25) is 0 Å². The van der Waals surface area contributed by atoms with Gasteiger partial charge in [0.1, 0.15) is 0 Å². The molecule has 0 bridgehead atoms. The maximum atomic E-state index is 4.79. The van der Waals surface area contributed by atoms with Gasteiger partial charge in [-0.3, -0.25) is 14.3 Å². The van der Waals surface area contributed by atoms with Crippen LogP contribution in [0.1, 0.15) is 24.5 Å². The molecule has 0 aromatic carbocycles. The van der Waals surface area contributed by atoms with E-state index in [0.717, 1.165) is 9.87 Å². The first-order valence-electron chi connectivity index (χ1n) is 7.62. The van der Waals surface area contributed by atoms with Crippen molar-refractivity contribution in [3.63, 3.8) is 0 Å². The molecule has 3 heterocycles. The fourth-order valence-electron chi connectivity index (χ4n) is 3.52. The third-order valence-corrected chi connectivity index (χ3v) is 5.75. The Morgan fingerprint density at radius 3 is 2.71 bits per heavy atom. The van der Waals surface area contributed by atoms with E-state index in [-0.39, 0.29) is 0 Å². The molecule has 0 spiro atoms. The van der Waals surface area contributed by atoms with Gasteiger partial charge in [0.15, 0.2) is 3.83 Å². The predicted octanol–water partition coefficient (Wildman–Crippen LogP) is 1.83. The first-order valence-corrected chi connectivity index (χ1v) is 8.70. The van der Waals surface area contributed by atoms with Crippen molar-refractivity contribution < 1.29 is 0 Å². The summed E-state index contributed by atoms with van der Waals surface area (Å²) in [6, 6.07) is 0.759. The molecule has 2 aliphatic rings. The molecule has 4 rings (SSSR count). The molecular weight excluding hydrogens is 377 g/mol. The number of nitrogens with zero attached hydrogens (tertiary/aromatic N) is 5. The third kappa shape index (κ3) is 2.47. The maximum absolute atomic E-state index is 4.79. The van der Waals surface area contributed by atoms with Gasteiger partial charge < -0.3 is 4.90 Å². The topological polar surface area (TPSA) is 36.7 Å². The molecule has 1 aliphatic heterocycles. The summed E-state index contributed by atoms with van der Waals surface area (Å²) in [6.45, 7) is 4.85. The molecule has 0 N–H and O–H groups in total. The van der Waals surface area contributed by atoms with E-state index in [2.05, 4.69) is 48.8 Å². The summed E-state index contributed by atoms with van der Waals surface area (Å²) in [5, 5.41) is 0. The smallest absolute Gasteiger partial charge is 0.176 e. The predicted molar refractivity (Wildman–Crippen MR) is 90.5 cm³/mol. The van der Waals surface area contributed by atoms with Gasteiger partial charge in [-0.05, 0) is 19.9 Å². The second-order valence-corrected chi connectivity index (χ2v) is 7.22. The van der Waals surface area contributed by atoms with Crippen LogP contribution in [0.15, 0.2) is 18.6 Å². The Morgan fingerprint density at radius 2 is 1.95 bits per heavy atom. The van der Waals surface area contributed by atoms with E-state index in [1.165, 1.54) is 50.2 Å². The summed E-state index contributed by atoms with van der Waals surface area (Å²) in [6.07, 6.45) is 8.29. The summed E-state index contributed by atoms with van der Waals surface area (Å²) in [7, 11) is 2.22. The van der Waals surface area contributed by atoms with E-state index in [1.54, 1.807) is 0 Å². The molecular formula is C15H20IN5. The van der Waals surface area contributed by atoms with Crippen molar-refractivity contribution in [3.8, 4) is 0 Å². The standard InChI is InChI=1S/C15H20IN5/c1-19-4-6-20(7-5-19)12-8-11(9-12)14-13-10-17-2-3-21(13)15(16)18-14/h2-3,10-12H,4-9H2,1H3. The highest BCUT2D eigenvalue weighted by Gasteiger charge is 2.37. The van der Waals surface area contributed by atoms with Crippen LogP contribution in [-0.4, -0.2) is 63.4 Å². The first kappa shape index (κ1) is 13.9. The lowest BCUT2D eigenvalue weighted by molar-refractivity contribution is 0.0599. The van der Waals surface area contributed by atoms with Crippen LogP contribution in [0, 0.1) is 3.83 Å². The molecule has 21 heavy (non-hydrogen) atoms. The zero-order chi connectivity index (χ0) is 14.4. The Labute approximate surface area is 138 Å². The van der Waals surface area contributed by atoms with Crippen LogP contribution in [0.3, 0.4) is 0 Å². The summed E-state index contributed by atoms with van der Waals surface area (Å²) >= 11 is 2.31. The Balaban J connectivity index is 1.47. The van der Waals surface area contributed by atoms with Crippen molar-refractivity contribution in [1.82, 2.24) is 24.2 Å². The average Bonchev–Trinajstić information content (AvgIpc) is 2.77. The number of aromatic nitrogens is 3. The van der Waals surface area contributed by atoms with E-state index in [9.17, 15) is 0 Å². The molecule has 2 aromatic heterocycles. The second kappa shape index (κ2) is 5.48. The minimum atomic E-state index is 0.609. The molecule has 1 aliphatic carbocycles. The molecule has 0 atom stereocenters. The van der Waals surface area contributed by atoms with Crippen molar-refractivity contribution >= 4 is 28.1 Å². The molecule has 112 valence electrons. The molecule has 0 amide bonds. The fourth-order valence-corrected chi connectivity index (χ4v) is 4.20. The molecule has 1 saturated heterocycles. The van der Waals surface area contributed by atoms with Gasteiger partial charge in [0, 0.05) is 73.1 Å². The Kier molecular flexibility index (Phi) is 3.63. The van der Waals surface area contributed by atoms with Gasteiger partial charge in [-0.25, -0.2) is 4.98 Å². The molecule has 6 heteroatoms. The van der Waals surface area contributed by atoms with Crippen LogP contribution in [0.25, 0.3) is 5.52 Å². The number of piperazine rings is 1. The van der Waals surface area contributed by atoms with Gasteiger partial charge in [-0.2, -0.15) is 0 Å². The third-order valence-electron chi connectivity index (χ3n) is 4.99. The van der Waals surface area contributed by atoms with E-state index in [4.69, 9.17) is 4.98 Å². The van der Waals surface area contributed by atoms with Crippen LogP contribution < -0.4 is 0 Å². The SMILES string of the molecule is CN1CCN(C2CC(c3nc(I)n4ccncc34)C2)CC1. The number of rotatable bonds is 2. The highest BCUT2D eigenvalue weighted by molar-refractivity contribution is 14.1. The van der Waals surface area contributed by atoms with E-state index < -0.39 is 0 Å². The number of imidazole rings is 1. The lowest BCUT2D eigenvalue weighted by atomic mass is 9.77. The average molecular weight is 397 g/mol. The zero-order valence-corrected chi connectivity index (χ0v) is 14.4. The molecule has 0 radical (unpaired) electrons. The monoisotopic (exact) mass is 397 g/mol. The Bertz CT molecular complexity index is 641. The van der Waals surface area contributed by atoms with E-state index >= 15 is 0 Å². The zero-order valence-electron chi connectivity index (χ0n) is 12.2. The molecule has 1 saturated carbocycles. The Morgan fingerprint density at radius 1 is 1.19 bits per heavy atom. The quantitative estimate of drug-likeness (QED) is 0.725. The van der Waals surface area contributed by atoms with Gasteiger partial charge in [0.2, 0.25) is 0 Å². The number of likely N-dealkylation sites (N-methyl/N-ethyl adjacent to an activating group) is 1. The van der Waals surface area contributed by atoms with Crippen molar-refractivity contribution in [2.24, 2.45) is 0 Å². The fraction of sp³-hybridized carbons (Fsp3) is 0.600. The van der Waals surface area contributed by atoms with Gasteiger partial charge in [-0.15, -0.1) is 0 Å². The normalized spacial score (nSPS) is 27.9. The van der Waals surface area contributed by atoms with Crippen LogP contribution in [0.5, 0.6) is 0 Å². The number of hydrogen-bond acceptors (Lipinski definition) is 4. The van der Waals surface area contributed by atoms with Crippen molar-refractivity contribution in [2.45, 2.75) is 24.8 Å². The minimum absolute atomic E-state index is 0.609. The van der Waals surface area contributed by atoms with Crippen molar-refractivity contribution in [1.29, 1.82) is 0 Å².